The number of benzene rings is 1. The number of nitrogens with two attached hydrogens (primary N) is 1. The number of halogens is 1. The molecule has 2 aliphatic heterocycles. The van der Waals surface area contributed by atoms with Crippen molar-refractivity contribution in [3.8, 4) is 0 Å². The lowest BCUT2D eigenvalue weighted by Gasteiger charge is -2.22. The van der Waals surface area contributed by atoms with E-state index in [2.05, 4.69) is 10.3 Å². The summed E-state index contributed by atoms with van der Waals surface area (Å²) in [4.78, 5) is 20.8. The molecular formula is C19H21FN4OS. The van der Waals surface area contributed by atoms with Crippen molar-refractivity contribution in [2.45, 2.75) is 25.3 Å². The van der Waals surface area contributed by atoms with Crippen LogP contribution in [-0.4, -0.2) is 32.3 Å². The van der Waals surface area contributed by atoms with Crippen molar-refractivity contribution >= 4 is 34.8 Å². The minimum absolute atomic E-state index is 0.0500. The number of carbonyl (C=O) groups is 1. The van der Waals surface area contributed by atoms with Crippen LogP contribution in [0.2, 0.25) is 0 Å². The van der Waals surface area contributed by atoms with Crippen LogP contribution in [0.15, 0.2) is 23.2 Å². The number of rotatable bonds is 3. The molecule has 1 aromatic heterocycles. The molecule has 1 aromatic carbocycles. The van der Waals surface area contributed by atoms with Crippen molar-refractivity contribution < 1.29 is 9.18 Å². The summed E-state index contributed by atoms with van der Waals surface area (Å²) in [5, 5.41) is 3.37. The summed E-state index contributed by atoms with van der Waals surface area (Å²) < 4.78 is 14.2. The molecule has 3 N–H and O–H groups in total. The molecule has 26 heavy (non-hydrogen) atoms. The quantitative estimate of drug-likeness (QED) is 0.642. The molecule has 5 nitrogen and oxygen atoms in total. The molecule has 2 aliphatic rings. The Balaban J connectivity index is 1.62. The molecule has 0 atom stereocenters. The number of thiophene rings is 1. The second-order valence-electron chi connectivity index (χ2n) is 6.72. The molecule has 0 unspecified atom stereocenters. The molecule has 0 saturated carbocycles. The van der Waals surface area contributed by atoms with Gasteiger partial charge in [-0.1, -0.05) is 0 Å². The van der Waals surface area contributed by atoms with Crippen LogP contribution in [0, 0.1) is 5.82 Å². The van der Waals surface area contributed by atoms with Gasteiger partial charge in [-0.05, 0) is 50.0 Å². The number of anilines is 2. The number of piperidine rings is 1. The Morgan fingerprint density at radius 1 is 1.35 bits per heavy atom. The molecule has 0 spiro atoms. The van der Waals surface area contributed by atoms with Gasteiger partial charge in [0.05, 0.1) is 17.8 Å². The molecule has 7 heteroatoms. The monoisotopic (exact) mass is 372 g/mol. The minimum atomic E-state index is -0.532. The summed E-state index contributed by atoms with van der Waals surface area (Å²) in [7, 11) is 1.60. The molecule has 1 fully saturated rings. The van der Waals surface area contributed by atoms with Gasteiger partial charge in [-0.2, -0.15) is 0 Å². The molecule has 1 saturated heterocycles. The number of fused-ring (bicyclic) bond motifs is 1. The van der Waals surface area contributed by atoms with Crippen LogP contribution >= 0.6 is 11.3 Å². The fraction of sp³-hybridized carbons (Fsp3) is 0.368. The zero-order valence-electron chi connectivity index (χ0n) is 14.6. The number of nitrogens with zero attached hydrogens (tertiary/aromatic N) is 2. The fourth-order valence-electron chi connectivity index (χ4n) is 3.65. The maximum Gasteiger partial charge on any atom is 0.259 e. The van der Waals surface area contributed by atoms with Gasteiger partial charge in [-0.15, -0.1) is 11.3 Å². The molecular weight excluding hydrogens is 351 g/mol. The van der Waals surface area contributed by atoms with Crippen molar-refractivity contribution in [3.05, 3.63) is 44.9 Å². The zero-order valence-corrected chi connectivity index (χ0v) is 15.4. The first-order chi connectivity index (χ1) is 12.6. The number of aliphatic imine (C=N–C) groups is 1. The Morgan fingerprint density at radius 3 is 2.81 bits per heavy atom. The van der Waals surface area contributed by atoms with Crippen LogP contribution in [0.5, 0.6) is 0 Å². The highest BCUT2D eigenvalue weighted by Gasteiger charge is 2.33. The van der Waals surface area contributed by atoms with E-state index < -0.39 is 5.82 Å². The van der Waals surface area contributed by atoms with E-state index >= 15 is 0 Å². The van der Waals surface area contributed by atoms with E-state index in [1.54, 1.807) is 29.4 Å². The number of nitrogen functional groups attached to an aromatic ring is 1. The largest absolute Gasteiger partial charge is 0.396 e. The van der Waals surface area contributed by atoms with Gasteiger partial charge in [-0.25, -0.2) is 4.39 Å². The highest BCUT2D eigenvalue weighted by Crippen LogP contribution is 2.39. The summed E-state index contributed by atoms with van der Waals surface area (Å²) >= 11 is 1.72. The standard InChI is InChI=1S/C19H21FN4OS/c1-22-9-12-6-13(7-15(20)18(12)21)24-10-17-14(19(24)25)8-16(26-17)11-2-4-23-5-3-11/h6-9,11,23H,2-5,10,21H2,1H3. The van der Waals surface area contributed by atoms with Crippen LogP contribution in [0.4, 0.5) is 15.8 Å². The van der Waals surface area contributed by atoms with E-state index in [1.807, 2.05) is 6.07 Å². The molecule has 0 bridgehead atoms. The lowest BCUT2D eigenvalue weighted by molar-refractivity contribution is 0.0996. The topological polar surface area (TPSA) is 70.7 Å². The maximum absolute atomic E-state index is 14.2. The van der Waals surface area contributed by atoms with Gasteiger partial charge < -0.3 is 16.0 Å². The Morgan fingerprint density at radius 2 is 2.12 bits per heavy atom. The van der Waals surface area contributed by atoms with Gasteiger partial charge in [0.2, 0.25) is 0 Å². The smallest absolute Gasteiger partial charge is 0.259 e. The van der Waals surface area contributed by atoms with Gasteiger partial charge >= 0.3 is 0 Å². The normalized spacial score (nSPS) is 18.1. The van der Waals surface area contributed by atoms with Gasteiger partial charge in [-0.3, -0.25) is 9.79 Å². The second kappa shape index (κ2) is 6.81. The third kappa shape index (κ3) is 2.91. The third-order valence-electron chi connectivity index (χ3n) is 5.07. The fourth-order valence-corrected chi connectivity index (χ4v) is 4.96. The Labute approximate surface area is 155 Å². The number of hydrogen-bond acceptors (Lipinski definition) is 5. The zero-order chi connectivity index (χ0) is 18.3. The summed E-state index contributed by atoms with van der Waals surface area (Å²) in [5.41, 5.74) is 7.57. The third-order valence-corrected chi connectivity index (χ3v) is 6.36. The number of carbonyl (C=O) groups excluding carboxylic acids is 1. The van der Waals surface area contributed by atoms with Crippen molar-refractivity contribution in [3.63, 3.8) is 0 Å². The average Bonchev–Trinajstić information content (AvgIpc) is 3.19. The van der Waals surface area contributed by atoms with Crippen LogP contribution in [-0.2, 0) is 6.54 Å². The van der Waals surface area contributed by atoms with Gasteiger partial charge in [0.25, 0.3) is 5.91 Å². The van der Waals surface area contributed by atoms with Crippen LogP contribution < -0.4 is 16.0 Å². The Kier molecular flexibility index (Phi) is 4.50. The van der Waals surface area contributed by atoms with Crippen molar-refractivity contribution in [1.82, 2.24) is 5.32 Å². The molecule has 3 heterocycles. The molecule has 0 radical (unpaired) electrons. The number of hydrogen-bond donors (Lipinski definition) is 2. The summed E-state index contributed by atoms with van der Waals surface area (Å²) in [6.45, 7) is 2.54. The van der Waals surface area contributed by atoms with Crippen molar-refractivity contribution in [2.24, 2.45) is 4.99 Å². The molecule has 4 rings (SSSR count). The van der Waals surface area contributed by atoms with Crippen LogP contribution in [0.3, 0.4) is 0 Å². The molecule has 136 valence electrons. The average molecular weight is 372 g/mol. The minimum Gasteiger partial charge on any atom is -0.396 e. The van der Waals surface area contributed by atoms with E-state index in [9.17, 15) is 9.18 Å². The maximum atomic E-state index is 14.2. The molecule has 1 amide bonds. The van der Waals surface area contributed by atoms with Gasteiger partial charge in [0.1, 0.15) is 5.82 Å². The Hall–Kier alpha value is -2.25. The van der Waals surface area contributed by atoms with Gasteiger partial charge in [0, 0.05) is 34.3 Å². The van der Waals surface area contributed by atoms with Crippen LogP contribution in [0.25, 0.3) is 0 Å². The van der Waals surface area contributed by atoms with E-state index in [0.29, 0.717) is 23.7 Å². The van der Waals surface area contributed by atoms with Crippen molar-refractivity contribution in [1.29, 1.82) is 0 Å². The van der Waals surface area contributed by atoms with E-state index in [1.165, 1.54) is 17.2 Å². The van der Waals surface area contributed by atoms with E-state index in [0.717, 1.165) is 36.4 Å². The molecule has 2 aromatic rings. The Bertz CT molecular complexity index is 886. The summed E-state index contributed by atoms with van der Waals surface area (Å²) in [6.07, 6.45) is 3.73. The predicted octanol–water partition coefficient (Wildman–Crippen LogP) is 3.15. The van der Waals surface area contributed by atoms with E-state index in [-0.39, 0.29) is 11.6 Å². The lowest BCUT2D eigenvalue weighted by Crippen LogP contribution is -2.26. The lowest BCUT2D eigenvalue weighted by atomic mass is 9.96. The summed E-state index contributed by atoms with van der Waals surface area (Å²) in [6, 6.07) is 5.08. The highest BCUT2D eigenvalue weighted by atomic mass is 32.1. The van der Waals surface area contributed by atoms with E-state index in [4.69, 9.17) is 5.73 Å². The summed E-state index contributed by atoms with van der Waals surface area (Å²) in [5.74, 6) is -0.0646. The SMILES string of the molecule is CN=Cc1cc(N2Cc3sc(C4CCNCC4)cc3C2=O)cc(F)c1N. The predicted molar refractivity (Wildman–Crippen MR) is 104 cm³/mol. The first kappa shape index (κ1) is 17.2. The van der Waals surface area contributed by atoms with Crippen molar-refractivity contribution in [2.75, 3.05) is 30.8 Å². The van der Waals surface area contributed by atoms with Crippen LogP contribution in [0.1, 0.15) is 44.4 Å². The first-order valence-corrected chi connectivity index (χ1v) is 9.56. The number of nitrogens with one attached hydrogen (secondary N) is 1. The number of amides is 1. The second-order valence-corrected chi connectivity index (χ2v) is 7.89. The molecule has 0 aliphatic carbocycles. The highest BCUT2D eigenvalue weighted by molar-refractivity contribution is 7.12. The van der Waals surface area contributed by atoms with Gasteiger partial charge in [0.15, 0.2) is 0 Å². The first-order valence-electron chi connectivity index (χ1n) is 8.75.